The van der Waals surface area contributed by atoms with E-state index in [1.54, 1.807) is 0 Å². The molecule has 3 nitrogen and oxygen atoms in total. The largest absolute Gasteiger partial charge is 0.494 e. The molecule has 0 N–H and O–H groups in total. The Morgan fingerprint density at radius 3 is 2.71 bits per heavy atom. The number of hydrogen-bond acceptors (Lipinski definition) is 2. The molecule has 2 rings (SSSR count). The third-order valence-electron chi connectivity index (χ3n) is 2.71. The molecule has 92 valence electrons. The van der Waals surface area contributed by atoms with E-state index in [9.17, 15) is 0 Å². The Bertz CT molecular complexity index is 508. The Kier molecular flexibility index (Phi) is 3.09. The van der Waals surface area contributed by atoms with Gasteiger partial charge in [-0.05, 0) is 39.3 Å². The number of rotatable bonds is 3. The average Bonchev–Trinajstić information content (AvgIpc) is 2.68. The first-order valence-corrected chi connectivity index (χ1v) is 6.13. The molecule has 0 saturated carbocycles. The summed E-state index contributed by atoms with van der Waals surface area (Å²) in [5.41, 5.74) is 2.19. The minimum Gasteiger partial charge on any atom is -0.494 e. The van der Waals surface area contributed by atoms with Gasteiger partial charge in [-0.1, -0.05) is 6.92 Å². The first kappa shape index (κ1) is 12.0. The number of fused-ring (bicyclic) bond motifs is 1. The molecule has 0 radical (unpaired) electrons. The van der Waals surface area contributed by atoms with Crippen molar-refractivity contribution in [3.05, 3.63) is 24.5 Å². The molecular formula is C14H20N2O. The number of nitrogens with zero attached hydrogens (tertiary/aromatic N) is 2. The number of hydrogen-bond donors (Lipinski definition) is 0. The van der Waals surface area contributed by atoms with Gasteiger partial charge in [0.25, 0.3) is 0 Å². The summed E-state index contributed by atoms with van der Waals surface area (Å²) in [6, 6.07) is 6.07. The summed E-state index contributed by atoms with van der Waals surface area (Å²) in [6.07, 6.45) is 2.92. The summed E-state index contributed by atoms with van der Waals surface area (Å²) in [5, 5.41) is 0. The van der Waals surface area contributed by atoms with Crippen molar-refractivity contribution in [1.82, 2.24) is 9.55 Å². The van der Waals surface area contributed by atoms with Crippen LogP contribution >= 0.6 is 0 Å². The van der Waals surface area contributed by atoms with Crippen molar-refractivity contribution in [2.75, 3.05) is 6.61 Å². The fraction of sp³-hybridized carbons (Fsp3) is 0.500. The van der Waals surface area contributed by atoms with Crippen LogP contribution in [0.1, 0.15) is 34.1 Å². The van der Waals surface area contributed by atoms with Crippen molar-refractivity contribution in [2.24, 2.45) is 0 Å². The maximum atomic E-state index is 5.66. The minimum absolute atomic E-state index is 0.0398. The molecule has 0 saturated heterocycles. The molecule has 1 heterocycles. The van der Waals surface area contributed by atoms with Crippen LogP contribution < -0.4 is 4.74 Å². The zero-order chi connectivity index (χ0) is 12.5. The fourth-order valence-electron chi connectivity index (χ4n) is 1.83. The molecule has 0 amide bonds. The molecule has 0 unspecified atom stereocenters. The van der Waals surface area contributed by atoms with E-state index in [2.05, 4.69) is 43.3 Å². The number of ether oxygens (including phenoxy) is 1. The summed E-state index contributed by atoms with van der Waals surface area (Å²) in [6.45, 7) is 9.39. The lowest BCUT2D eigenvalue weighted by Crippen LogP contribution is -2.20. The molecule has 1 aromatic carbocycles. The van der Waals surface area contributed by atoms with Crippen LogP contribution in [0.4, 0.5) is 0 Å². The van der Waals surface area contributed by atoms with E-state index in [0.717, 1.165) is 29.8 Å². The Morgan fingerprint density at radius 1 is 1.29 bits per heavy atom. The normalized spacial score (nSPS) is 12.0. The number of benzene rings is 1. The first-order chi connectivity index (χ1) is 8.02. The monoisotopic (exact) mass is 232 g/mol. The number of imidazole rings is 1. The topological polar surface area (TPSA) is 27.1 Å². The quantitative estimate of drug-likeness (QED) is 0.808. The molecule has 0 aliphatic heterocycles. The average molecular weight is 232 g/mol. The minimum atomic E-state index is 0.0398. The molecule has 0 aliphatic rings. The summed E-state index contributed by atoms with van der Waals surface area (Å²) >= 11 is 0. The third kappa shape index (κ3) is 2.43. The van der Waals surface area contributed by atoms with Crippen LogP contribution in [0.5, 0.6) is 5.75 Å². The van der Waals surface area contributed by atoms with Crippen molar-refractivity contribution in [3.63, 3.8) is 0 Å². The van der Waals surface area contributed by atoms with Crippen LogP contribution in [0.2, 0.25) is 0 Å². The van der Waals surface area contributed by atoms with Crippen molar-refractivity contribution >= 4 is 11.0 Å². The van der Waals surface area contributed by atoms with E-state index in [1.165, 1.54) is 0 Å². The predicted molar refractivity (Wildman–Crippen MR) is 70.5 cm³/mol. The van der Waals surface area contributed by atoms with E-state index in [4.69, 9.17) is 4.74 Å². The van der Waals surface area contributed by atoms with E-state index >= 15 is 0 Å². The van der Waals surface area contributed by atoms with Crippen LogP contribution in [0.15, 0.2) is 24.5 Å². The molecule has 2 aromatic rings. The van der Waals surface area contributed by atoms with Crippen LogP contribution in [-0.2, 0) is 5.54 Å². The second-order valence-electron chi connectivity index (χ2n) is 5.28. The van der Waals surface area contributed by atoms with Gasteiger partial charge in [0.1, 0.15) is 5.75 Å². The molecule has 1 aromatic heterocycles. The van der Waals surface area contributed by atoms with Crippen LogP contribution in [0.3, 0.4) is 0 Å². The lowest BCUT2D eigenvalue weighted by atomic mass is 10.1. The van der Waals surface area contributed by atoms with Gasteiger partial charge in [0.2, 0.25) is 0 Å². The highest BCUT2D eigenvalue weighted by molar-refractivity contribution is 5.77. The molecule has 0 bridgehead atoms. The van der Waals surface area contributed by atoms with Crippen LogP contribution in [-0.4, -0.2) is 16.2 Å². The van der Waals surface area contributed by atoms with Crippen LogP contribution in [0.25, 0.3) is 11.0 Å². The Morgan fingerprint density at radius 2 is 2.06 bits per heavy atom. The molecule has 3 heteroatoms. The predicted octanol–water partition coefficient (Wildman–Crippen LogP) is 3.58. The highest BCUT2D eigenvalue weighted by Crippen LogP contribution is 2.25. The van der Waals surface area contributed by atoms with Crippen molar-refractivity contribution in [1.29, 1.82) is 0 Å². The van der Waals surface area contributed by atoms with Gasteiger partial charge < -0.3 is 9.30 Å². The molecular weight excluding hydrogens is 212 g/mol. The van der Waals surface area contributed by atoms with Crippen molar-refractivity contribution < 1.29 is 4.74 Å². The fourth-order valence-corrected chi connectivity index (χ4v) is 1.83. The second-order valence-corrected chi connectivity index (χ2v) is 5.28. The van der Waals surface area contributed by atoms with E-state index in [-0.39, 0.29) is 5.54 Å². The molecule has 17 heavy (non-hydrogen) atoms. The Balaban J connectivity index is 2.43. The Hall–Kier alpha value is -1.51. The maximum absolute atomic E-state index is 5.66. The highest BCUT2D eigenvalue weighted by Gasteiger charge is 2.16. The van der Waals surface area contributed by atoms with Gasteiger partial charge in [0.05, 0.1) is 24.0 Å². The molecule has 0 fully saturated rings. The summed E-state index contributed by atoms with van der Waals surface area (Å²) in [7, 11) is 0. The highest BCUT2D eigenvalue weighted by atomic mass is 16.5. The van der Waals surface area contributed by atoms with Gasteiger partial charge >= 0.3 is 0 Å². The standard InChI is InChI=1S/C14H20N2O/c1-5-8-17-11-6-7-12-13(9-11)16(10-15-12)14(2,3)4/h6-7,9-10H,5,8H2,1-4H3. The van der Waals surface area contributed by atoms with Gasteiger partial charge in [-0.25, -0.2) is 4.98 Å². The summed E-state index contributed by atoms with van der Waals surface area (Å²) in [5.74, 6) is 0.922. The maximum Gasteiger partial charge on any atom is 0.121 e. The lowest BCUT2D eigenvalue weighted by molar-refractivity contribution is 0.317. The summed E-state index contributed by atoms with van der Waals surface area (Å²) < 4.78 is 7.84. The van der Waals surface area contributed by atoms with E-state index in [0.29, 0.717) is 0 Å². The SMILES string of the molecule is CCCOc1ccc2ncn(C(C)(C)C)c2c1. The van der Waals surface area contributed by atoms with Crippen molar-refractivity contribution in [2.45, 2.75) is 39.7 Å². The van der Waals surface area contributed by atoms with Gasteiger partial charge in [0.15, 0.2) is 0 Å². The first-order valence-electron chi connectivity index (χ1n) is 6.13. The van der Waals surface area contributed by atoms with Gasteiger partial charge in [0, 0.05) is 11.6 Å². The zero-order valence-corrected chi connectivity index (χ0v) is 11.0. The van der Waals surface area contributed by atoms with Crippen molar-refractivity contribution in [3.8, 4) is 5.75 Å². The smallest absolute Gasteiger partial charge is 0.121 e. The number of aromatic nitrogens is 2. The zero-order valence-electron chi connectivity index (χ0n) is 11.0. The van der Waals surface area contributed by atoms with E-state index in [1.807, 2.05) is 18.5 Å². The van der Waals surface area contributed by atoms with Gasteiger partial charge in [-0.15, -0.1) is 0 Å². The lowest BCUT2D eigenvalue weighted by Gasteiger charge is -2.21. The third-order valence-corrected chi connectivity index (χ3v) is 2.71. The summed E-state index contributed by atoms with van der Waals surface area (Å²) in [4.78, 5) is 4.41. The molecule has 0 spiro atoms. The molecule has 0 aliphatic carbocycles. The van der Waals surface area contributed by atoms with Crippen LogP contribution in [0, 0.1) is 0 Å². The van der Waals surface area contributed by atoms with Gasteiger partial charge in [-0.2, -0.15) is 0 Å². The molecule has 0 atom stereocenters. The van der Waals surface area contributed by atoms with E-state index < -0.39 is 0 Å². The van der Waals surface area contributed by atoms with Gasteiger partial charge in [-0.3, -0.25) is 0 Å². The second kappa shape index (κ2) is 4.40. The Labute approximate surface area is 102 Å².